The predicted octanol–water partition coefficient (Wildman–Crippen LogP) is 1.73. The summed E-state index contributed by atoms with van der Waals surface area (Å²) in [6.45, 7) is 1.94. The number of alkyl halides is 1. The molecule has 0 bridgehead atoms. The molecular formula is C7H16FN. The number of nitrogens with one attached hydrogen (secondary N) is 1. The first-order valence-electron chi connectivity index (χ1n) is 3.54. The van der Waals surface area contributed by atoms with Crippen molar-refractivity contribution in [3.8, 4) is 0 Å². The highest BCUT2D eigenvalue weighted by atomic mass is 19.1. The quantitative estimate of drug-likeness (QED) is 0.563. The van der Waals surface area contributed by atoms with Crippen LogP contribution in [-0.2, 0) is 0 Å². The van der Waals surface area contributed by atoms with E-state index in [-0.39, 0.29) is 6.67 Å². The van der Waals surface area contributed by atoms with Gasteiger partial charge < -0.3 is 5.32 Å². The van der Waals surface area contributed by atoms with Gasteiger partial charge in [-0.2, -0.15) is 0 Å². The third-order valence-electron chi connectivity index (χ3n) is 1.51. The number of halogens is 1. The second-order valence-corrected chi connectivity index (χ2v) is 2.37. The maximum absolute atomic E-state index is 11.5. The minimum absolute atomic E-state index is 0.170. The van der Waals surface area contributed by atoms with Crippen molar-refractivity contribution in [1.82, 2.24) is 5.32 Å². The van der Waals surface area contributed by atoms with E-state index >= 15 is 0 Å². The fraction of sp³-hybridized carbons (Fsp3) is 1.00. The summed E-state index contributed by atoms with van der Waals surface area (Å²) >= 11 is 0. The molecule has 1 nitrogen and oxygen atoms in total. The summed E-state index contributed by atoms with van der Waals surface area (Å²) in [6.07, 6.45) is 2.80. The first-order chi connectivity index (χ1) is 4.31. The van der Waals surface area contributed by atoms with Crippen LogP contribution >= 0.6 is 0 Å². The van der Waals surface area contributed by atoms with Crippen molar-refractivity contribution in [3.05, 3.63) is 0 Å². The zero-order valence-corrected chi connectivity index (χ0v) is 6.28. The van der Waals surface area contributed by atoms with Crippen molar-refractivity contribution >= 4 is 0 Å². The van der Waals surface area contributed by atoms with Gasteiger partial charge in [0.1, 0.15) is 0 Å². The van der Waals surface area contributed by atoms with Crippen molar-refractivity contribution in [2.45, 2.75) is 32.2 Å². The van der Waals surface area contributed by atoms with Gasteiger partial charge in [-0.05, 0) is 33.2 Å². The summed E-state index contributed by atoms with van der Waals surface area (Å²) in [5.41, 5.74) is 0. The van der Waals surface area contributed by atoms with Crippen LogP contribution in [0.3, 0.4) is 0 Å². The van der Waals surface area contributed by atoms with Crippen molar-refractivity contribution in [2.24, 2.45) is 0 Å². The van der Waals surface area contributed by atoms with Gasteiger partial charge in [-0.25, -0.2) is 0 Å². The molecule has 0 aliphatic carbocycles. The Morgan fingerprint density at radius 1 is 1.44 bits per heavy atom. The molecule has 9 heavy (non-hydrogen) atoms. The minimum Gasteiger partial charge on any atom is -0.317 e. The lowest BCUT2D eigenvalue weighted by Gasteiger charge is -2.07. The van der Waals surface area contributed by atoms with E-state index in [9.17, 15) is 4.39 Å². The molecule has 0 fully saturated rings. The second kappa shape index (κ2) is 6.02. The molecule has 2 heteroatoms. The fourth-order valence-corrected chi connectivity index (χ4v) is 0.689. The average molecular weight is 133 g/mol. The highest BCUT2D eigenvalue weighted by Crippen LogP contribution is 1.99. The van der Waals surface area contributed by atoms with Gasteiger partial charge >= 0.3 is 0 Å². The SMILES string of the molecule is CNC(C)CCCCF. The predicted molar refractivity (Wildman–Crippen MR) is 38.3 cm³/mol. The molecule has 0 rings (SSSR count). The summed E-state index contributed by atoms with van der Waals surface area (Å²) in [5.74, 6) is 0. The van der Waals surface area contributed by atoms with Crippen LogP contribution in [0.1, 0.15) is 26.2 Å². The summed E-state index contributed by atoms with van der Waals surface area (Å²) in [4.78, 5) is 0. The Labute approximate surface area is 56.6 Å². The van der Waals surface area contributed by atoms with Crippen LogP contribution in [0.15, 0.2) is 0 Å². The van der Waals surface area contributed by atoms with E-state index in [0.717, 1.165) is 12.8 Å². The summed E-state index contributed by atoms with van der Waals surface area (Å²) in [7, 11) is 1.93. The van der Waals surface area contributed by atoms with Crippen molar-refractivity contribution in [2.75, 3.05) is 13.7 Å². The van der Waals surface area contributed by atoms with Gasteiger partial charge in [0, 0.05) is 6.04 Å². The topological polar surface area (TPSA) is 12.0 Å². The van der Waals surface area contributed by atoms with Gasteiger partial charge in [-0.15, -0.1) is 0 Å². The van der Waals surface area contributed by atoms with Gasteiger partial charge in [-0.3, -0.25) is 4.39 Å². The number of hydrogen-bond donors (Lipinski definition) is 1. The Kier molecular flexibility index (Phi) is 5.94. The highest BCUT2D eigenvalue weighted by molar-refractivity contribution is 4.55. The van der Waals surface area contributed by atoms with E-state index in [4.69, 9.17) is 0 Å². The van der Waals surface area contributed by atoms with E-state index in [1.54, 1.807) is 0 Å². The van der Waals surface area contributed by atoms with Gasteiger partial charge in [0.2, 0.25) is 0 Å². The molecule has 0 radical (unpaired) electrons. The molecule has 0 aromatic carbocycles. The fourth-order valence-electron chi connectivity index (χ4n) is 0.689. The van der Waals surface area contributed by atoms with Crippen LogP contribution in [0.25, 0.3) is 0 Å². The Bertz CT molecular complexity index is 56.9. The molecule has 0 heterocycles. The molecule has 0 saturated carbocycles. The first-order valence-corrected chi connectivity index (χ1v) is 3.54. The lowest BCUT2D eigenvalue weighted by molar-refractivity contribution is 0.437. The van der Waals surface area contributed by atoms with E-state index in [1.165, 1.54) is 0 Å². The van der Waals surface area contributed by atoms with Crippen LogP contribution in [0.2, 0.25) is 0 Å². The van der Waals surface area contributed by atoms with Crippen molar-refractivity contribution < 1.29 is 4.39 Å². The largest absolute Gasteiger partial charge is 0.317 e. The summed E-state index contributed by atoms with van der Waals surface area (Å²) in [6, 6.07) is 0.538. The third kappa shape index (κ3) is 5.77. The molecule has 0 amide bonds. The van der Waals surface area contributed by atoms with Gasteiger partial charge in [0.15, 0.2) is 0 Å². The molecule has 0 aliphatic heterocycles. The van der Waals surface area contributed by atoms with Gasteiger partial charge in [0.25, 0.3) is 0 Å². The normalized spacial score (nSPS) is 13.7. The number of hydrogen-bond acceptors (Lipinski definition) is 1. The smallest absolute Gasteiger partial charge is 0.0894 e. The summed E-state index contributed by atoms with van der Waals surface area (Å²) < 4.78 is 11.5. The second-order valence-electron chi connectivity index (χ2n) is 2.37. The standard InChI is InChI=1S/C7H16FN/c1-7(9-2)5-3-4-6-8/h7,9H,3-6H2,1-2H3. The summed E-state index contributed by atoms with van der Waals surface area (Å²) in [5, 5.41) is 3.10. The molecule has 1 N–H and O–H groups in total. The lowest BCUT2D eigenvalue weighted by Crippen LogP contribution is -2.20. The Hall–Kier alpha value is -0.110. The molecule has 0 saturated heterocycles. The van der Waals surface area contributed by atoms with Crippen LogP contribution in [-0.4, -0.2) is 19.8 Å². The maximum Gasteiger partial charge on any atom is 0.0894 e. The van der Waals surface area contributed by atoms with Gasteiger partial charge in [-0.1, -0.05) is 0 Å². The Morgan fingerprint density at radius 2 is 2.11 bits per heavy atom. The van der Waals surface area contributed by atoms with E-state index in [2.05, 4.69) is 12.2 Å². The average Bonchev–Trinajstić information content (AvgIpc) is 1.89. The van der Waals surface area contributed by atoms with E-state index < -0.39 is 0 Å². The molecule has 0 aromatic rings. The zero-order valence-electron chi connectivity index (χ0n) is 6.28. The van der Waals surface area contributed by atoms with Gasteiger partial charge in [0.05, 0.1) is 6.67 Å². The van der Waals surface area contributed by atoms with Crippen LogP contribution in [0.4, 0.5) is 4.39 Å². The van der Waals surface area contributed by atoms with Crippen LogP contribution in [0, 0.1) is 0 Å². The van der Waals surface area contributed by atoms with Crippen LogP contribution in [0.5, 0.6) is 0 Å². The molecule has 0 spiro atoms. The molecular weight excluding hydrogens is 117 g/mol. The molecule has 56 valence electrons. The molecule has 0 aromatic heterocycles. The minimum atomic E-state index is -0.170. The molecule has 0 aliphatic rings. The number of rotatable bonds is 5. The maximum atomic E-state index is 11.5. The van der Waals surface area contributed by atoms with E-state index in [0.29, 0.717) is 12.5 Å². The van der Waals surface area contributed by atoms with Crippen molar-refractivity contribution in [1.29, 1.82) is 0 Å². The Balaban J connectivity index is 2.88. The highest BCUT2D eigenvalue weighted by Gasteiger charge is 1.95. The van der Waals surface area contributed by atoms with Crippen molar-refractivity contribution in [3.63, 3.8) is 0 Å². The number of unbranched alkanes of at least 4 members (excludes halogenated alkanes) is 1. The zero-order chi connectivity index (χ0) is 7.11. The monoisotopic (exact) mass is 133 g/mol. The first kappa shape index (κ1) is 8.89. The van der Waals surface area contributed by atoms with Crippen LogP contribution < -0.4 is 5.32 Å². The molecule has 1 atom stereocenters. The lowest BCUT2D eigenvalue weighted by atomic mass is 10.1. The Morgan fingerprint density at radius 3 is 2.56 bits per heavy atom. The van der Waals surface area contributed by atoms with E-state index in [1.807, 2.05) is 7.05 Å². The third-order valence-corrected chi connectivity index (χ3v) is 1.51. The molecule has 1 unspecified atom stereocenters.